The quantitative estimate of drug-likeness (QED) is 0.689. The lowest BCUT2D eigenvalue weighted by molar-refractivity contribution is 0.574. The van der Waals surface area contributed by atoms with Gasteiger partial charge in [-0.2, -0.15) is 0 Å². The highest BCUT2D eigenvalue weighted by Gasteiger charge is 2.05. The van der Waals surface area contributed by atoms with Gasteiger partial charge in [0.05, 0.1) is 0 Å². The molecule has 0 aromatic heterocycles. The second-order valence-electron chi connectivity index (χ2n) is 3.71. The third-order valence-electron chi connectivity index (χ3n) is 2.41. The smallest absolute Gasteiger partial charge is 0.131 e. The van der Waals surface area contributed by atoms with E-state index in [9.17, 15) is 8.78 Å². The molecular formula is C13H9BrF2IN. The summed E-state index contributed by atoms with van der Waals surface area (Å²) >= 11 is 5.62. The third-order valence-corrected chi connectivity index (χ3v) is 3.78. The highest BCUT2D eigenvalue weighted by atomic mass is 127. The summed E-state index contributed by atoms with van der Waals surface area (Å²) in [6.45, 7) is 0.310. The Labute approximate surface area is 126 Å². The van der Waals surface area contributed by atoms with Crippen LogP contribution in [0.3, 0.4) is 0 Å². The van der Waals surface area contributed by atoms with Crippen molar-refractivity contribution in [3.63, 3.8) is 0 Å². The number of nitrogens with one attached hydrogen (secondary N) is 1. The van der Waals surface area contributed by atoms with Crippen LogP contribution in [0.4, 0.5) is 14.5 Å². The summed E-state index contributed by atoms with van der Waals surface area (Å²) in [6, 6.07) is 9.43. The van der Waals surface area contributed by atoms with Crippen molar-refractivity contribution in [1.29, 1.82) is 0 Å². The van der Waals surface area contributed by atoms with Crippen LogP contribution in [-0.4, -0.2) is 0 Å². The van der Waals surface area contributed by atoms with Gasteiger partial charge in [-0.3, -0.25) is 0 Å². The van der Waals surface area contributed by atoms with Gasteiger partial charge in [0.2, 0.25) is 0 Å². The van der Waals surface area contributed by atoms with E-state index in [1.165, 1.54) is 12.1 Å². The molecule has 0 aliphatic rings. The zero-order valence-electron chi connectivity index (χ0n) is 9.18. The molecule has 0 aliphatic heterocycles. The van der Waals surface area contributed by atoms with Gasteiger partial charge in [0, 0.05) is 31.9 Å². The molecule has 5 heteroatoms. The average molecular weight is 424 g/mol. The first kappa shape index (κ1) is 13.7. The Kier molecular flexibility index (Phi) is 4.55. The fourth-order valence-corrected chi connectivity index (χ4v) is 2.37. The molecule has 2 rings (SSSR count). The van der Waals surface area contributed by atoms with E-state index in [2.05, 4.69) is 43.8 Å². The molecule has 0 spiro atoms. The molecule has 0 saturated heterocycles. The monoisotopic (exact) mass is 423 g/mol. The van der Waals surface area contributed by atoms with Crippen molar-refractivity contribution in [2.45, 2.75) is 6.54 Å². The van der Waals surface area contributed by atoms with Crippen molar-refractivity contribution in [3.8, 4) is 0 Å². The van der Waals surface area contributed by atoms with Crippen molar-refractivity contribution in [3.05, 3.63) is 61.6 Å². The molecule has 2 aromatic carbocycles. The fraction of sp³-hybridized carbons (Fsp3) is 0.0769. The highest BCUT2D eigenvalue weighted by molar-refractivity contribution is 14.1. The van der Waals surface area contributed by atoms with E-state index in [4.69, 9.17) is 0 Å². The van der Waals surface area contributed by atoms with Crippen molar-refractivity contribution < 1.29 is 8.78 Å². The van der Waals surface area contributed by atoms with Gasteiger partial charge in [-0.15, -0.1) is 0 Å². The van der Waals surface area contributed by atoms with Crippen LogP contribution >= 0.6 is 38.5 Å². The molecule has 0 aliphatic carbocycles. The fourth-order valence-electron chi connectivity index (χ4n) is 1.49. The zero-order valence-corrected chi connectivity index (χ0v) is 12.9. The minimum atomic E-state index is -0.563. The Morgan fingerprint density at radius 1 is 1.11 bits per heavy atom. The molecule has 0 amide bonds. The second kappa shape index (κ2) is 5.97. The molecule has 0 saturated carbocycles. The van der Waals surface area contributed by atoms with Crippen LogP contribution in [0.25, 0.3) is 0 Å². The topological polar surface area (TPSA) is 12.0 Å². The van der Waals surface area contributed by atoms with Gasteiger partial charge in [-0.25, -0.2) is 8.78 Å². The predicted octanol–water partition coefficient (Wildman–Crippen LogP) is 4.94. The van der Waals surface area contributed by atoms with Crippen LogP contribution in [0.15, 0.2) is 40.9 Å². The van der Waals surface area contributed by atoms with Gasteiger partial charge < -0.3 is 5.32 Å². The van der Waals surface area contributed by atoms with Gasteiger partial charge in [-0.1, -0.05) is 6.07 Å². The van der Waals surface area contributed by atoms with Gasteiger partial charge in [0.25, 0.3) is 0 Å². The Hall–Kier alpha value is -0.690. The number of rotatable bonds is 3. The maximum Gasteiger partial charge on any atom is 0.131 e. The molecule has 1 nitrogen and oxygen atoms in total. The summed E-state index contributed by atoms with van der Waals surface area (Å²) in [6.07, 6.45) is 0. The molecule has 0 radical (unpaired) electrons. The Morgan fingerprint density at radius 3 is 2.61 bits per heavy atom. The largest absolute Gasteiger partial charge is 0.380 e. The lowest BCUT2D eigenvalue weighted by Crippen LogP contribution is -2.03. The van der Waals surface area contributed by atoms with Gasteiger partial charge in [-0.05, 0) is 62.8 Å². The SMILES string of the molecule is Fc1ccc(CNc2cc(I)ccc2Br)c(F)c1. The van der Waals surface area contributed by atoms with E-state index in [1.54, 1.807) is 0 Å². The first-order chi connectivity index (χ1) is 8.56. The molecule has 18 heavy (non-hydrogen) atoms. The van der Waals surface area contributed by atoms with E-state index in [0.29, 0.717) is 12.1 Å². The minimum absolute atomic E-state index is 0.310. The number of hydrogen-bond donors (Lipinski definition) is 1. The van der Waals surface area contributed by atoms with Crippen LogP contribution in [0, 0.1) is 15.2 Å². The molecule has 0 bridgehead atoms. The molecule has 0 atom stereocenters. The van der Waals surface area contributed by atoms with Crippen LogP contribution in [-0.2, 0) is 6.54 Å². The molecule has 0 unspecified atom stereocenters. The number of benzene rings is 2. The van der Waals surface area contributed by atoms with Gasteiger partial charge in [0.15, 0.2) is 0 Å². The van der Waals surface area contributed by atoms with E-state index in [0.717, 1.165) is 19.8 Å². The van der Waals surface area contributed by atoms with Crippen LogP contribution < -0.4 is 5.32 Å². The number of hydrogen-bond acceptors (Lipinski definition) is 1. The third kappa shape index (κ3) is 3.41. The summed E-state index contributed by atoms with van der Waals surface area (Å²) in [4.78, 5) is 0. The van der Waals surface area contributed by atoms with E-state index < -0.39 is 11.6 Å². The second-order valence-corrected chi connectivity index (χ2v) is 5.81. The van der Waals surface area contributed by atoms with Crippen LogP contribution in [0.5, 0.6) is 0 Å². The predicted molar refractivity (Wildman–Crippen MR) is 80.5 cm³/mol. The van der Waals surface area contributed by atoms with Crippen LogP contribution in [0.2, 0.25) is 0 Å². The van der Waals surface area contributed by atoms with Crippen molar-refractivity contribution in [2.24, 2.45) is 0 Å². The highest BCUT2D eigenvalue weighted by Crippen LogP contribution is 2.25. The number of halogens is 4. The van der Waals surface area contributed by atoms with Gasteiger partial charge in [0.1, 0.15) is 11.6 Å². The van der Waals surface area contributed by atoms with E-state index >= 15 is 0 Å². The molecule has 0 heterocycles. The maximum absolute atomic E-state index is 13.4. The van der Waals surface area contributed by atoms with E-state index in [1.807, 2.05) is 18.2 Å². The summed E-state index contributed by atoms with van der Waals surface area (Å²) in [7, 11) is 0. The van der Waals surface area contributed by atoms with E-state index in [-0.39, 0.29) is 0 Å². The average Bonchev–Trinajstić information content (AvgIpc) is 2.32. The van der Waals surface area contributed by atoms with Crippen LogP contribution in [0.1, 0.15) is 5.56 Å². The summed E-state index contributed by atoms with van der Waals surface area (Å²) in [5, 5.41) is 3.12. The van der Waals surface area contributed by atoms with Crippen molar-refractivity contribution >= 4 is 44.2 Å². The first-order valence-corrected chi connectivity index (χ1v) is 7.06. The van der Waals surface area contributed by atoms with Crippen molar-refractivity contribution in [1.82, 2.24) is 0 Å². The summed E-state index contributed by atoms with van der Waals surface area (Å²) < 4.78 is 28.2. The summed E-state index contributed by atoms with van der Waals surface area (Å²) in [5.74, 6) is -1.10. The van der Waals surface area contributed by atoms with Gasteiger partial charge >= 0.3 is 0 Å². The first-order valence-electron chi connectivity index (χ1n) is 5.19. The normalized spacial score (nSPS) is 10.4. The Morgan fingerprint density at radius 2 is 1.89 bits per heavy atom. The standard InChI is InChI=1S/C13H9BrF2IN/c14-11-4-3-10(17)6-13(11)18-7-8-1-2-9(15)5-12(8)16/h1-6,18H,7H2. The molecular weight excluding hydrogens is 415 g/mol. The Bertz CT molecular complexity index is 575. The lowest BCUT2D eigenvalue weighted by Gasteiger charge is -2.10. The number of anilines is 1. The Balaban J connectivity index is 2.13. The molecule has 2 aromatic rings. The maximum atomic E-state index is 13.4. The lowest BCUT2D eigenvalue weighted by atomic mass is 10.2. The van der Waals surface area contributed by atoms with Crippen molar-refractivity contribution in [2.75, 3.05) is 5.32 Å². The molecule has 94 valence electrons. The summed E-state index contributed by atoms with van der Waals surface area (Å²) in [5.41, 5.74) is 1.31. The molecule has 0 fully saturated rings. The zero-order chi connectivity index (χ0) is 13.1. The minimum Gasteiger partial charge on any atom is -0.380 e. The molecule has 1 N–H and O–H groups in total.